The Bertz CT molecular complexity index is 2180. The first-order valence-electron chi connectivity index (χ1n) is 42.4. The maximum Gasteiger partial charge on any atom is 0.470 e. The third-order valence-electron chi connectivity index (χ3n) is 20.6. The summed E-state index contributed by atoms with van der Waals surface area (Å²) in [6.07, 6.45) is 29.8. The molecular formula is C81H153N2O20P. The molecule has 14 atom stereocenters. The Labute approximate surface area is 629 Å². The summed E-state index contributed by atoms with van der Waals surface area (Å²) < 4.78 is 55.3. The van der Waals surface area contributed by atoms with Gasteiger partial charge in [-0.05, 0) is 45.4 Å². The van der Waals surface area contributed by atoms with Crippen LogP contribution in [0.2, 0.25) is 0 Å². The third kappa shape index (κ3) is 48.6. The Hall–Kier alpha value is -2.86. The summed E-state index contributed by atoms with van der Waals surface area (Å²) in [5, 5.41) is 62.3. The van der Waals surface area contributed by atoms with Gasteiger partial charge in [-0.2, -0.15) is 0 Å². The van der Waals surface area contributed by atoms with Crippen molar-refractivity contribution >= 4 is 37.5 Å². The second-order valence-corrected chi connectivity index (χ2v) is 31.7. The minimum Gasteiger partial charge on any atom is -0.462 e. The van der Waals surface area contributed by atoms with E-state index in [1.54, 1.807) is 6.92 Å². The molecule has 2 heterocycles. The number of esters is 3. The first-order chi connectivity index (χ1) is 50.2. The van der Waals surface area contributed by atoms with Crippen molar-refractivity contribution in [2.75, 3.05) is 13.2 Å². The van der Waals surface area contributed by atoms with E-state index < -0.39 is 156 Å². The zero-order valence-corrected chi connectivity index (χ0v) is 67.0. The maximum absolute atomic E-state index is 14.8. The molecule has 0 aliphatic carbocycles. The van der Waals surface area contributed by atoms with Gasteiger partial charge in [0.1, 0.15) is 36.6 Å². The number of phosphoric ester groups is 1. The predicted molar refractivity (Wildman–Crippen MR) is 408 cm³/mol. The van der Waals surface area contributed by atoms with Crippen LogP contribution < -0.4 is 10.6 Å². The summed E-state index contributed by atoms with van der Waals surface area (Å²) in [6.45, 7) is 10.9. The zero-order chi connectivity index (χ0) is 76.4. The lowest BCUT2D eigenvalue weighted by Gasteiger charge is -2.47. The van der Waals surface area contributed by atoms with Crippen LogP contribution >= 0.6 is 7.82 Å². The first kappa shape index (κ1) is 97.2. The summed E-state index contributed by atoms with van der Waals surface area (Å²) in [6, 6.07) is -2.91. The van der Waals surface area contributed by atoms with E-state index in [0.29, 0.717) is 44.9 Å². The summed E-state index contributed by atoms with van der Waals surface area (Å²) in [5.74, 6) is -3.70. The molecule has 0 radical (unpaired) electrons. The molecule has 0 aromatic carbocycles. The average Bonchev–Trinajstić information content (AvgIpc) is 0.781. The van der Waals surface area contributed by atoms with Gasteiger partial charge < -0.3 is 74.4 Å². The number of phosphoric acid groups is 1. The molecule has 2 aliphatic rings. The number of aliphatic hydroxyl groups excluding tert-OH is 5. The topological polar surface area (TPSA) is 333 Å². The fraction of sp³-hybridized carbons (Fsp3) is 0.938. The lowest BCUT2D eigenvalue weighted by Crippen LogP contribution is -2.67. The smallest absolute Gasteiger partial charge is 0.462 e. The number of unbranched alkanes of at least 4 members (excludes halogenated alkanes) is 40. The third-order valence-corrected chi connectivity index (χ3v) is 21.2. The summed E-state index contributed by atoms with van der Waals surface area (Å²) in [4.78, 5) is 91.1. The van der Waals surface area contributed by atoms with Gasteiger partial charge in [-0.1, -0.05) is 311 Å². The number of nitrogens with one attached hydrogen (secondary N) is 2. The Morgan fingerprint density at radius 1 is 0.413 bits per heavy atom. The van der Waals surface area contributed by atoms with E-state index in [-0.39, 0.29) is 19.3 Å². The molecule has 0 bridgehead atoms. The van der Waals surface area contributed by atoms with Crippen molar-refractivity contribution in [3.05, 3.63) is 0 Å². The molecule has 2 fully saturated rings. The van der Waals surface area contributed by atoms with Crippen molar-refractivity contribution in [3.8, 4) is 0 Å². The lowest BCUT2D eigenvalue weighted by atomic mass is 9.92. The van der Waals surface area contributed by atoms with Crippen LogP contribution in [-0.2, 0) is 61.5 Å². The number of amides is 2. The molecular weight excluding hydrogens is 1350 g/mol. The van der Waals surface area contributed by atoms with Gasteiger partial charge >= 0.3 is 25.7 Å². The van der Waals surface area contributed by atoms with Gasteiger partial charge in [0.25, 0.3) is 0 Å². The van der Waals surface area contributed by atoms with Gasteiger partial charge in [0.2, 0.25) is 11.8 Å². The molecule has 2 aliphatic heterocycles. The number of hydrogen-bond acceptors (Lipinski definition) is 18. The van der Waals surface area contributed by atoms with Crippen LogP contribution in [0.4, 0.5) is 0 Å². The second-order valence-electron chi connectivity index (χ2n) is 30.5. The first-order valence-corrected chi connectivity index (χ1v) is 43.9. The summed E-state index contributed by atoms with van der Waals surface area (Å²) in [7, 11) is -5.52. The molecule has 22 nitrogen and oxygen atoms in total. The molecule has 2 rings (SSSR count). The van der Waals surface area contributed by atoms with Crippen molar-refractivity contribution in [2.45, 2.75) is 474 Å². The van der Waals surface area contributed by atoms with Crippen LogP contribution in [0.5, 0.6) is 0 Å². The standard InChI is InChI=1S/C81H153N2O20P/c1-7-12-17-22-27-32-37-42-47-52-64(85)57-70(88)82-75-63(6)98-69(77(93)79(75)101-73(91)58-65(86)53-48-43-38-33-28-23-18-13-8-2)62-97-81-76(80(78(68(61-84)100-81)103-104(94,95)96)102-74(92)59-66(87)54-49-44-39-34-29-24-19-14-9-3)83-71(89)60-67(55-50-45-40-35-30-25-20-15-10-4)99-72(90)56-51-46-41-36-31-26-21-16-11-5/h63-69,75-81,84-87,93H,7-62H2,1-6H3,(H,82,88)(H,83,89)(H2,94,95,96)/t63-,64+,65+,66+,67+,68?,69?,75?,76?,77+,78+,79?,80?,81+/m0/s1. The van der Waals surface area contributed by atoms with Gasteiger partial charge in [0, 0.05) is 6.42 Å². The monoisotopic (exact) mass is 1510 g/mol. The molecule has 0 spiro atoms. The Kier molecular flexibility index (Phi) is 58.8. The van der Waals surface area contributed by atoms with Crippen LogP contribution in [0.25, 0.3) is 0 Å². The molecule has 612 valence electrons. The van der Waals surface area contributed by atoms with Crippen LogP contribution in [-0.4, -0.2) is 164 Å². The highest BCUT2D eigenvalue weighted by atomic mass is 31.2. The van der Waals surface area contributed by atoms with Crippen molar-refractivity contribution in [2.24, 2.45) is 0 Å². The molecule has 0 aromatic rings. The molecule has 2 amide bonds. The Morgan fingerprint density at radius 2 is 0.760 bits per heavy atom. The lowest BCUT2D eigenvalue weighted by molar-refractivity contribution is -0.285. The molecule has 9 N–H and O–H groups in total. The normalized spacial score (nSPS) is 21.8. The highest BCUT2D eigenvalue weighted by Crippen LogP contribution is 2.43. The SMILES string of the molecule is CCCCCCCCCCCC(=O)O[C@H](CCCCCCCCCCC)CC(=O)NC1C(OC(=O)C[C@H](O)CCCCCCCCCCC)[C@H](OP(=O)(O)O)C(CO)O[C@H]1OCC1O[C@@H](C)C(NC(=O)C[C@H](O)CCCCCCCCCCC)C(OC(=O)C[C@H](O)CCCCCCCCCCC)[C@@H]1O. The molecule has 6 unspecified atom stereocenters. The van der Waals surface area contributed by atoms with E-state index >= 15 is 0 Å². The van der Waals surface area contributed by atoms with E-state index in [4.69, 9.17) is 32.9 Å². The second kappa shape index (κ2) is 62.9. The number of aliphatic hydroxyl groups is 5. The molecule has 0 saturated carbocycles. The fourth-order valence-corrected chi connectivity index (χ4v) is 14.9. The number of carbonyl (C=O) groups is 5. The Balaban J connectivity index is 2.58. The largest absolute Gasteiger partial charge is 0.470 e. The van der Waals surface area contributed by atoms with E-state index in [1.807, 2.05) is 0 Å². The quantitative estimate of drug-likeness (QED) is 0.0118. The minimum atomic E-state index is -5.52. The highest BCUT2D eigenvalue weighted by molar-refractivity contribution is 7.46. The zero-order valence-electron chi connectivity index (χ0n) is 66.1. The number of ether oxygens (including phenoxy) is 6. The van der Waals surface area contributed by atoms with Crippen LogP contribution in [0, 0.1) is 0 Å². The highest BCUT2D eigenvalue weighted by Gasteiger charge is 2.54. The molecule has 104 heavy (non-hydrogen) atoms. The number of carbonyl (C=O) groups excluding carboxylic acids is 5. The van der Waals surface area contributed by atoms with E-state index in [2.05, 4.69) is 45.3 Å². The van der Waals surface area contributed by atoms with Gasteiger partial charge in [-0.3, -0.25) is 28.5 Å². The van der Waals surface area contributed by atoms with E-state index in [1.165, 1.54) is 103 Å². The van der Waals surface area contributed by atoms with Crippen molar-refractivity contribution < 1.29 is 96.8 Å². The van der Waals surface area contributed by atoms with Gasteiger partial charge in [0.05, 0.1) is 69.4 Å². The summed E-state index contributed by atoms with van der Waals surface area (Å²) in [5.41, 5.74) is 0. The van der Waals surface area contributed by atoms with Crippen LogP contribution in [0.3, 0.4) is 0 Å². The predicted octanol–water partition coefficient (Wildman–Crippen LogP) is 16.3. The molecule has 2 saturated heterocycles. The Morgan fingerprint density at radius 3 is 1.15 bits per heavy atom. The van der Waals surface area contributed by atoms with Crippen molar-refractivity contribution in [3.63, 3.8) is 0 Å². The number of hydrogen-bond donors (Lipinski definition) is 9. The van der Waals surface area contributed by atoms with Crippen LogP contribution in [0.15, 0.2) is 0 Å². The van der Waals surface area contributed by atoms with Gasteiger partial charge in [-0.25, -0.2) is 4.57 Å². The minimum absolute atomic E-state index is 0.149. The van der Waals surface area contributed by atoms with E-state index in [9.17, 15) is 63.9 Å². The van der Waals surface area contributed by atoms with Gasteiger partial charge in [-0.15, -0.1) is 0 Å². The van der Waals surface area contributed by atoms with Crippen molar-refractivity contribution in [1.82, 2.24) is 10.6 Å². The van der Waals surface area contributed by atoms with Crippen molar-refractivity contribution in [1.29, 1.82) is 0 Å². The van der Waals surface area contributed by atoms with Crippen LogP contribution in [0.1, 0.15) is 388 Å². The average molecular weight is 1510 g/mol. The summed E-state index contributed by atoms with van der Waals surface area (Å²) >= 11 is 0. The maximum atomic E-state index is 14.8. The van der Waals surface area contributed by atoms with Gasteiger partial charge in [0.15, 0.2) is 18.5 Å². The van der Waals surface area contributed by atoms with E-state index in [0.717, 1.165) is 161 Å². The number of rotatable bonds is 69. The molecule has 23 heteroatoms. The fourth-order valence-electron chi connectivity index (χ4n) is 14.4. The molecule has 0 aromatic heterocycles.